The Bertz CT molecular complexity index is 393. The molecule has 2 N–H and O–H groups in total. The fourth-order valence-electron chi connectivity index (χ4n) is 1.56. The number of hydrogen-bond acceptors (Lipinski definition) is 4. The van der Waals surface area contributed by atoms with Crippen molar-refractivity contribution in [2.24, 2.45) is 5.73 Å². The van der Waals surface area contributed by atoms with Crippen LogP contribution in [0, 0.1) is 6.92 Å². The van der Waals surface area contributed by atoms with Crippen LogP contribution >= 0.6 is 0 Å². The first-order valence-corrected chi connectivity index (χ1v) is 5.70. The molecule has 0 fully saturated rings. The lowest BCUT2D eigenvalue weighted by Crippen LogP contribution is -2.42. The SMILES string of the molecule is Cc1nccn1C(C)C(N)C(=O)OC(C)(C)C. The molecule has 1 rings (SSSR count). The summed E-state index contributed by atoms with van der Waals surface area (Å²) in [4.78, 5) is 15.9. The third-order valence-corrected chi connectivity index (χ3v) is 2.50. The lowest BCUT2D eigenvalue weighted by molar-refractivity contribution is -0.157. The van der Waals surface area contributed by atoms with Crippen molar-refractivity contribution in [2.75, 3.05) is 0 Å². The molecule has 5 nitrogen and oxygen atoms in total. The zero-order valence-electron chi connectivity index (χ0n) is 11.1. The molecule has 0 amide bonds. The van der Waals surface area contributed by atoms with Gasteiger partial charge in [-0.05, 0) is 34.6 Å². The van der Waals surface area contributed by atoms with Gasteiger partial charge in [-0.2, -0.15) is 0 Å². The molecule has 96 valence electrons. The number of aryl methyl sites for hydroxylation is 1. The molecule has 0 bridgehead atoms. The highest BCUT2D eigenvalue weighted by Gasteiger charge is 2.27. The van der Waals surface area contributed by atoms with Crippen LogP contribution in [0.5, 0.6) is 0 Å². The summed E-state index contributed by atoms with van der Waals surface area (Å²) in [6, 6.07) is -0.866. The minimum Gasteiger partial charge on any atom is -0.459 e. The van der Waals surface area contributed by atoms with Gasteiger partial charge in [-0.3, -0.25) is 4.79 Å². The van der Waals surface area contributed by atoms with Crippen LogP contribution in [0.4, 0.5) is 0 Å². The molecule has 0 aliphatic heterocycles. The van der Waals surface area contributed by atoms with Crippen LogP contribution in [0.2, 0.25) is 0 Å². The highest BCUT2D eigenvalue weighted by atomic mass is 16.6. The van der Waals surface area contributed by atoms with Crippen molar-refractivity contribution in [1.29, 1.82) is 0 Å². The molecule has 0 saturated heterocycles. The third kappa shape index (κ3) is 3.56. The summed E-state index contributed by atoms with van der Waals surface area (Å²) in [6.45, 7) is 9.22. The lowest BCUT2D eigenvalue weighted by Gasteiger charge is -2.26. The minimum atomic E-state index is -0.692. The Morgan fingerprint density at radius 1 is 1.53 bits per heavy atom. The molecular formula is C12H21N3O2. The van der Waals surface area contributed by atoms with Crippen molar-refractivity contribution < 1.29 is 9.53 Å². The number of carbonyl (C=O) groups excluding carboxylic acids is 1. The predicted molar refractivity (Wildman–Crippen MR) is 65.5 cm³/mol. The number of ether oxygens (including phenoxy) is 1. The normalized spacial score (nSPS) is 15.4. The molecule has 2 atom stereocenters. The number of hydrogen-bond donors (Lipinski definition) is 1. The van der Waals surface area contributed by atoms with Crippen LogP contribution in [0.25, 0.3) is 0 Å². The van der Waals surface area contributed by atoms with E-state index in [1.807, 2.05) is 45.4 Å². The largest absolute Gasteiger partial charge is 0.459 e. The van der Waals surface area contributed by atoms with E-state index in [4.69, 9.17) is 10.5 Å². The summed E-state index contributed by atoms with van der Waals surface area (Å²) in [7, 11) is 0. The Kier molecular flexibility index (Phi) is 3.93. The maximum atomic E-state index is 11.8. The number of carbonyl (C=O) groups is 1. The van der Waals surface area contributed by atoms with Gasteiger partial charge < -0.3 is 15.0 Å². The monoisotopic (exact) mass is 239 g/mol. The van der Waals surface area contributed by atoms with Gasteiger partial charge in [0.15, 0.2) is 0 Å². The Balaban J connectivity index is 2.74. The molecule has 1 heterocycles. The van der Waals surface area contributed by atoms with Crippen LogP contribution in [-0.4, -0.2) is 27.2 Å². The standard InChI is InChI=1S/C12H21N3O2/c1-8(15-7-6-14-9(15)2)10(13)11(16)17-12(3,4)5/h6-8,10H,13H2,1-5H3. The second kappa shape index (κ2) is 4.87. The van der Waals surface area contributed by atoms with Crippen LogP contribution in [0.15, 0.2) is 12.4 Å². The lowest BCUT2D eigenvalue weighted by atomic mass is 10.1. The minimum absolute atomic E-state index is 0.174. The average Bonchev–Trinajstić information content (AvgIpc) is 2.59. The first-order valence-electron chi connectivity index (χ1n) is 5.70. The first kappa shape index (κ1) is 13.7. The van der Waals surface area contributed by atoms with E-state index >= 15 is 0 Å². The van der Waals surface area contributed by atoms with Crippen molar-refractivity contribution in [1.82, 2.24) is 9.55 Å². The first-order chi connectivity index (χ1) is 7.72. The van der Waals surface area contributed by atoms with Crippen LogP contribution in [0.1, 0.15) is 39.6 Å². The van der Waals surface area contributed by atoms with Gasteiger partial charge in [-0.15, -0.1) is 0 Å². The summed E-state index contributed by atoms with van der Waals surface area (Å²) in [5.74, 6) is 0.439. The molecular weight excluding hydrogens is 218 g/mol. The molecule has 0 saturated carbocycles. The molecule has 1 aromatic rings. The molecule has 5 heteroatoms. The zero-order valence-corrected chi connectivity index (χ0v) is 11.1. The maximum Gasteiger partial charge on any atom is 0.325 e. The van der Waals surface area contributed by atoms with E-state index in [1.54, 1.807) is 6.20 Å². The fourth-order valence-corrected chi connectivity index (χ4v) is 1.56. The van der Waals surface area contributed by atoms with Crippen LogP contribution in [-0.2, 0) is 9.53 Å². The predicted octanol–water partition coefficient (Wildman–Crippen LogP) is 1.42. The molecule has 0 radical (unpaired) electrons. The van der Waals surface area contributed by atoms with Gasteiger partial charge in [0.1, 0.15) is 17.5 Å². The maximum absolute atomic E-state index is 11.8. The van der Waals surface area contributed by atoms with Gasteiger partial charge in [-0.25, -0.2) is 4.98 Å². The molecule has 1 aromatic heterocycles. The number of aromatic nitrogens is 2. The molecule has 2 unspecified atom stereocenters. The van der Waals surface area contributed by atoms with Gasteiger partial charge in [0, 0.05) is 12.4 Å². The summed E-state index contributed by atoms with van der Waals surface area (Å²) < 4.78 is 7.13. The van der Waals surface area contributed by atoms with E-state index in [0.717, 1.165) is 5.82 Å². The van der Waals surface area contributed by atoms with Crippen molar-refractivity contribution >= 4 is 5.97 Å². The molecule has 0 aromatic carbocycles. The van der Waals surface area contributed by atoms with E-state index in [2.05, 4.69) is 4.98 Å². The smallest absolute Gasteiger partial charge is 0.325 e. The van der Waals surface area contributed by atoms with Crippen molar-refractivity contribution in [3.05, 3.63) is 18.2 Å². The van der Waals surface area contributed by atoms with Gasteiger partial charge in [0.05, 0.1) is 6.04 Å². The van der Waals surface area contributed by atoms with Crippen LogP contribution < -0.4 is 5.73 Å². The third-order valence-electron chi connectivity index (χ3n) is 2.50. The quantitative estimate of drug-likeness (QED) is 0.810. The number of imidazole rings is 1. The van der Waals surface area contributed by atoms with Gasteiger partial charge in [-0.1, -0.05) is 0 Å². The second-order valence-electron chi connectivity index (χ2n) is 5.18. The number of nitrogens with zero attached hydrogens (tertiary/aromatic N) is 2. The number of esters is 1. The van der Waals surface area contributed by atoms with Crippen molar-refractivity contribution in [3.63, 3.8) is 0 Å². The molecule has 0 aliphatic carbocycles. The van der Waals surface area contributed by atoms with E-state index in [9.17, 15) is 4.79 Å². The number of nitrogens with two attached hydrogens (primary N) is 1. The highest BCUT2D eigenvalue weighted by Crippen LogP contribution is 2.16. The summed E-state index contributed by atoms with van der Waals surface area (Å²) in [6.07, 6.45) is 3.50. The Hall–Kier alpha value is -1.36. The topological polar surface area (TPSA) is 70.1 Å². The average molecular weight is 239 g/mol. The molecule has 0 spiro atoms. The van der Waals surface area contributed by atoms with Gasteiger partial charge in [0.2, 0.25) is 0 Å². The van der Waals surface area contributed by atoms with E-state index in [-0.39, 0.29) is 6.04 Å². The van der Waals surface area contributed by atoms with E-state index < -0.39 is 17.6 Å². The highest BCUT2D eigenvalue weighted by molar-refractivity contribution is 5.76. The van der Waals surface area contributed by atoms with Crippen LogP contribution in [0.3, 0.4) is 0 Å². The zero-order chi connectivity index (χ0) is 13.2. The fraction of sp³-hybridized carbons (Fsp3) is 0.667. The molecule has 0 aliphatic rings. The summed E-state index contributed by atoms with van der Waals surface area (Å²) in [5.41, 5.74) is 5.39. The van der Waals surface area contributed by atoms with Gasteiger partial charge >= 0.3 is 5.97 Å². The van der Waals surface area contributed by atoms with Crippen molar-refractivity contribution in [2.45, 2.75) is 52.3 Å². The Morgan fingerprint density at radius 2 is 2.12 bits per heavy atom. The van der Waals surface area contributed by atoms with Gasteiger partial charge in [0.25, 0.3) is 0 Å². The Morgan fingerprint density at radius 3 is 2.53 bits per heavy atom. The second-order valence-corrected chi connectivity index (χ2v) is 5.18. The van der Waals surface area contributed by atoms with Crippen molar-refractivity contribution in [3.8, 4) is 0 Å². The Labute approximate surface area is 102 Å². The molecule has 17 heavy (non-hydrogen) atoms. The summed E-state index contributed by atoms with van der Waals surface area (Å²) in [5, 5.41) is 0. The number of rotatable bonds is 3. The van der Waals surface area contributed by atoms with E-state index in [0.29, 0.717) is 0 Å². The summed E-state index contributed by atoms with van der Waals surface area (Å²) >= 11 is 0. The van der Waals surface area contributed by atoms with E-state index in [1.165, 1.54) is 0 Å².